The van der Waals surface area contributed by atoms with Gasteiger partial charge in [-0.05, 0) is 20.5 Å². The lowest BCUT2D eigenvalue weighted by atomic mass is 10.1. The fourth-order valence-electron chi connectivity index (χ4n) is 1.43. The molecule has 0 spiro atoms. The maximum absolute atomic E-state index is 8.20. The first-order valence-corrected chi connectivity index (χ1v) is 7.54. The number of rotatable bonds is 10. The number of unbranched alkanes of at least 4 members (excludes halogenated alkanes) is 7. The van der Waals surface area contributed by atoms with E-state index in [9.17, 15) is 0 Å². The Hall–Kier alpha value is 0.210. The van der Waals surface area contributed by atoms with Crippen LogP contribution in [0.15, 0.2) is 0 Å². The molecule has 0 aromatic rings. The molecule has 0 amide bonds. The summed E-state index contributed by atoms with van der Waals surface area (Å²) in [5.41, 5.74) is 0. The third kappa shape index (κ3) is 26.0. The first-order chi connectivity index (χ1) is 8.18. The maximum atomic E-state index is 8.20. The highest BCUT2D eigenvalue weighted by Gasteiger charge is 1.89. The van der Waals surface area contributed by atoms with Crippen LogP contribution in [0.25, 0.3) is 0 Å². The van der Waals surface area contributed by atoms with Crippen molar-refractivity contribution in [3.8, 4) is 0 Å². The highest BCUT2D eigenvalue weighted by Crippen LogP contribution is 2.08. The lowest BCUT2D eigenvalue weighted by Crippen LogP contribution is -2.15. The van der Waals surface area contributed by atoms with Gasteiger partial charge in [-0.2, -0.15) is 0 Å². The highest BCUT2D eigenvalue weighted by molar-refractivity contribution is 6.17. The fraction of sp³-hybridized carbons (Fsp3) is 1.00. The van der Waals surface area contributed by atoms with Crippen molar-refractivity contribution in [1.82, 2.24) is 4.90 Å². The number of likely N-dealkylation sites (N-methyl/N-ethyl adjacent to an activating group) is 1. The van der Waals surface area contributed by atoms with E-state index in [1.807, 2.05) is 19.0 Å². The average Bonchev–Trinajstić information content (AvgIpc) is 2.29. The maximum Gasteiger partial charge on any atom is 0.0558 e. The molecule has 0 aliphatic heterocycles. The summed E-state index contributed by atoms with van der Waals surface area (Å²) >= 11 is 5.56. The van der Waals surface area contributed by atoms with Gasteiger partial charge in [-0.25, -0.2) is 0 Å². The van der Waals surface area contributed by atoms with Crippen molar-refractivity contribution in [3.05, 3.63) is 0 Å². The molecular formula is C14H32ClNO. The molecule has 0 saturated heterocycles. The molecule has 0 aliphatic rings. The summed E-state index contributed by atoms with van der Waals surface area (Å²) in [7, 11) is 3.85. The molecule has 1 N–H and O–H groups in total. The zero-order chi connectivity index (χ0) is 13.4. The minimum absolute atomic E-state index is 0.257. The molecule has 0 bridgehead atoms. The minimum atomic E-state index is 0.257. The average molecular weight is 266 g/mol. The van der Waals surface area contributed by atoms with E-state index in [1.54, 1.807) is 0 Å². The molecule has 0 fully saturated rings. The van der Waals surface area contributed by atoms with Gasteiger partial charge < -0.3 is 10.0 Å². The van der Waals surface area contributed by atoms with Gasteiger partial charge in [-0.1, -0.05) is 51.9 Å². The van der Waals surface area contributed by atoms with Crippen LogP contribution in [-0.2, 0) is 0 Å². The van der Waals surface area contributed by atoms with Crippen LogP contribution >= 0.6 is 11.6 Å². The number of alkyl halides is 1. The molecule has 17 heavy (non-hydrogen) atoms. The molecule has 0 saturated carbocycles. The molecule has 106 valence electrons. The number of hydrogen-bond donors (Lipinski definition) is 1. The molecule has 0 heterocycles. The van der Waals surface area contributed by atoms with E-state index >= 15 is 0 Å². The Bertz CT molecular complexity index is 113. The Balaban J connectivity index is 0. The van der Waals surface area contributed by atoms with Gasteiger partial charge in [0.1, 0.15) is 0 Å². The van der Waals surface area contributed by atoms with Crippen LogP contribution < -0.4 is 0 Å². The van der Waals surface area contributed by atoms with Crippen molar-refractivity contribution in [1.29, 1.82) is 0 Å². The second-order valence-corrected chi connectivity index (χ2v) is 5.07. The normalized spacial score (nSPS) is 10.2. The molecular weight excluding hydrogens is 234 g/mol. The van der Waals surface area contributed by atoms with Crippen molar-refractivity contribution in [2.45, 2.75) is 58.3 Å². The summed E-state index contributed by atoms with van der Waals surface area (Å²) in [6.45, 7) is 3.28. The molecule has 3 heteroatoms. The Morgan fingerprint density at radius 1 is 0.882 bits per heavy atom. The third-order valence-electron chi connectivity index (χ3n) is 2.53. The Morgan fingerprint density at radius 2 is 1.35 bits per heavy atom. The Kier molecular flexibility index (Phi) is 21.4. The van der Waals surface area contributed by atoms with Crippen LogP contribution in [0.4, 0.5) is 0 Å². The smallest absolute Gasteiger partial charge is 0.0558 e. The van der Waals surface area contributed by atoms with Gasteiger partial charge in [0, 0.05) is 12.4 Å². The molecule has 2 nitrogen and oxygen atoms in total. The number of aliphatic hydroxyl groups excluding tert-OH is 1. The molecule has 0 radical (unpaired) electrons. The summed E-state index contributed by atoms with van der Waals surface area (Å²) in [5.74, 6) is 0.842. The van der Waals surface area contributed by atoms with Crippen LogP contribution in [-0.4, -0.2) is 43.1 Å². The molecule has 0 aliphatic carbocycles. The molecule has 0 unspecified atom stereocenters. The monoisotopic (exact) mass is 265 g/mol. The van der Waals surface area contributed by atoms with Gasteiger partial charge >= 0.3 is 0 Å². The predicted molar refractivity (Wildman–Crippen MR) is 79.0 cm³/mol. The lowest BCUT2D eigenvalue weighted by molar-refractivity contribution is 0.243. The van der Waals surface area contributed by atoms with Crippen molar-refractivity contribution in [2.75, 3.05) is 33.1 Å². The van der Waals surface area contributed by atoms with E-state index in [1.165, 1.54) is 51.4 Å². The van der Waals surface area contributed by atoms with E-state index in [0.717, 1.165) is 12.4 Å². The van der Waals surface area contributed by atoms with Crippen LogP contribution in [0, 0.1) is 0 Å². The molecule has 0 rings (SSSR count). The number of hydrogen-bond acceptors (Lipinski definition) is 2. The third-order valence-corrected chi connectivity index (χ3v) is 2.80. The van der Waals surface area contributed by atoms with Crippen molar-refractivity contribution < 1.29 is 5.11 Å². The van der Waals surface area contributed by atoms with Gasteiger partial charge in [0.25, 0.3) is 0 Å². The van der Waals surface area contributed by atoms with E-state index < -0.39 is 0 Å². The second-order valence-electron chi connectivity index (χ2n) is 4.69. The number of aliphatic hydroxyl groups is 1. The van der Waals surface area contributed by atoms with Gasteiger partial charge in [0.2, 0.25) is 0 Å². The van der Waals surface area contributed by atoms with Crippen LogP contribution in [0.1, 0.15) is 58.3 Å². The minimum Gasteiger partial charge on any atom is -0.395 e. The summed E-state index contributed by atoms with van der Waals surface area (Å²) in [6, 6.07) is 0. The second kappa shape index (κ2) is 18.6. The quantitative estimate of drug-likeness (QED) is 0.478. The van der Waals surface area contributed by atoms with E-state index in [2.05, 4.69) is 6.92 Å². The van der Waals surface area contributed by atoms with Gasteiger partial charge in [-0.15, -0.1) is 11.6 Å². The van der Waals surface area contributed by atoms with Crippen molar-refractivity contribution >= 4 is 11.6 Å². The van der Waals surface area contributed by atoms with E-state index in [-0.39, 0.29) is 6.61 Å². The largest absolute Gasteiger partial charge is 0.395 e. The lowest BCUT2D eigenvalue weighted by Gasteiger charge is -2.03. The summed E-state index contributed by atoms with van der Waals surface area (Å²) < 4.78 is 0. The molecule has 0 aromatic carbocycles. The number of nitrogens with zero attached hydrogens (tertiary/aromatic N) is 1. The summed E-state index contributed by atoms with van der Waals surface area (Å²) in [6.07, 6.45) is 10.9. The molecule has 0 aromatic heterocycles. The first-order valence-electron chi connectivity index (χ1n) is 7.00. The van der Waals surface area contributed by atoms with Gasteiger partial charge in [0.15, 0.2) is 0 Å². The van der Waals surface area contributed by atoms with Crippen LogP contribution in [0.5, 0.6) is 0 Å². The topological polar surface area (TPSA) is 23.5 Å². The van der Waals surface area contributed by atoms with Crippen molar-refractivity contribution in [3.63, 3.8) is 0 Å². The van der Waals surface area contributed by atoms with Crippen molar-refractivity contribution in [2.24, 2.45) is 0 Å². The van der Waals surface area contributed by atoms with E-state index in [0.29, 0.717) is 0 Å². The zero-order valence-electron chi connectivity index (χ0n) is 12.1. The Morgan fingerprint density at radius 3 is 1.65 bits per heavy atom. The summed E-state index contributed by atoms with van der Waals surface area (Å²) in [4.78, 5) is 1.93. The predicted octanol–water partition coefficient (Wildman–Crippen LogP) is 3.91. The SMILES string of the molecule is CCCCCCCCCCCl.CN(C)CCO. The Labute approximate surface area is 113 Å². The zero-order valence-corrected chi connectivity index (χ0v) is 12.8. The standard InChI is InChI=1S/C10H21Cl.C4H11NO/c1-2-3-4-5-6-7-8-9-10-11;1-5(2)3-4-6/h2-10H2,1H3;6H,3-4H2,1-2H3. The number of halogens is 1. The highest BCUT2D eigenvalue weighted by atomic mass is 35.5. The van der Waals surface area contributed by atoms with Crippen LogP contribution in [0.2, 0.25) is 0 Å². The van der Waals surface area contributed by atoms with Crippen LogP contribution in [0.3, 0.4) is 0 Å². The van der Waals surface area contributed by atoms with E-state index in [4.69, 9.17) is 16.7 Å². The van der Waals surface area contributed by atoms with Gasteiger partial charge in [-0.3, -0.25) is 0 Å². The first kappa shape index (κ1) is 19.5. The fourth-order valence-corrected chi connectivity index (χ4v) is 1.62. The molecule has 0 atom stereocenters. The van der Waals surface area contributed by atoms with Gasteiger partial charge in [0.05, 0.1) is 6.61 Å². The summed E-state index contributed by atoms with van der Waals surface area (Å²) in [5, 5.41) is 8.20.